The molecule has 0 saturated carbocycles. The Morgan fingerprint density at radius 1 is 1.03 bits per heavy atom. The third-order valence-electron chi connectivity index (χ3n) is 5.09. The molecule has 7 heteroatoms. The number of nitrogens with one attached hydrogen (secondary N) is 1. The molecule has 0 bridgehead atoms. The summed E-state index contributed by atoms with van der Waals surface area (Å²) in [6.45, 7) is 2.49. The topological polar surface area (TPSA) is 66.5 Å². The molecule has 0 radical (unpaired) electrons. The van der Waals surface area contributed by atoms with Crippen LogP contribution in [0.25, 0.3) is 0 Å². The van der Waals surface area contributed by atoms with E-state index >= 15 is 0 Å². The van der Waals surface area contributed by atoms with Crippen LogP contribution in [0.2, 0.25) is 5.02 Å². The van der Waals surface area contributed by atoms with Crippen LogP contribution in [0, 0.1) is 6.92 Å². The van der Waals surface area contributed by atoms with E-state index < -0.39 is 10.0 Å². The molecular weight excluding hydrogens is 420 g/mol. The summed E-state index contributed by atoms with van der Waals surface area (Å²) in [5, 5.41) is 0.571. The number of sulfonamides is 1. The van der Waals surface area contributed by atoms with Crippen molar-refractivity contribution in [3.8, 4) is 0 Å². The van der Waals surface area contributed by atoms with Crippen molar-refractivity contribution in [2.45, 2.75) is 24.7 Å². The van der Waals surface area contributed by atoms with Crippen LogP contribution in [-0.2, 0) is 16.4 Å². The van der Waals surface area contributed by atoms with Gasteiger partial charge >= 0.3 is 0 Å². The Morgan fingerprint density at radius 3 is 2.53 bits per heavy atom. The number of hydrogen-bond donors (Lipinski definition) is 1. The molecule has 1 N–H and O–H groups in total. The van der Waals surface area contributed by atoms with E-state index in [1.54, 1.807) is 65.6 Å². The highest BCUT2D eigenvalue weighted by atomic mass is 35.5. The fraction of sp³-hybridized carbons (Fsp3) is 0.174. The maximum absolute atomic E-state index is 13.0. The third kappa shape index (κ3) is 4.20. The summed E-state index contributed by atoms with van der Waals surface area (Å²) < 4.78 is 28.4. The molecule has 0 atom stereocenters. The van der Waals surface area contributed by atoms with Crippen molar-refractivity contribution >= 4 is 38.9 Å². The summed E-state index contributed by atoms with van der Waals surface area (Å²) in [5.41, 5.74) is 3.63. The molecule has 0 saturated heterocycles. The van der Waals surface area contributed by atoms with Gasteiger partial charge in [-0.2, -0.15) is 0 Å². The molecule has 1 aliphatic heterocycles. The zero-order valence-electron chi connectivity index (χ0n) is 16.4. The Balaban J connectivity index is 1.63. The van der Waals surface area contributed by atoms with Crippen LogP contribution in [-0.4, -0.2) is 20.9 Å². The SMILES string of the molecule is Cc1cccc(NS(=O)(=O)c2ccc3c(c2)CCCN3C(=O)c2ccc(Cl)cc2)c1. The van der Waals surface area contributed by atoms with Crippen LogP contribution in [0.4, 0.5) is 11.4 Å². The molecule has 0 aromatic heterocycles. The van der Waals surface area contributed by atoms with Gasteiger partial charge in [-0.25, -0.2) is 8.42 Å². The number of hydrogen-bond acceptors (Lipinski definition) is 3. The molecule has 5 nitrogen and oxygen atoms in total. The van der Waals surface area contributed by atoms with E-state index in [9.17, 15) is 13.2 Å². The van der Waals surface area contributed by atoms with Gasteiger partial charge in [0.15, 0.2) is 0 Å². The highest BCUT2D eigenvalue weighted by Gasteiger charge is 2.25. The Bertz CT molecular complexity index is 1210. The average molecular weight is 441 g/mol. The number of halogens is 1. The molecule has 0 aliphatic carbocycles. The number of rotatable bonds is 4. The van der Waals surface area contributed by atoms with Crippen molar-refractivity contribution < 1.29 is 13.2 Å². The summed E-state index contributed by atoms with van der Waals surface area (Å²) in [5.74, 6) is -0.124. The van der Waals surface area contributed by atoms with Gasteiger partial charge < -0.3 is 4.90 Å². The van der Waals surface area contributed by atoms with Crippen molar-refractivity contribution in [1.82, 2.24) is 0 Å². The van der Waals surface area contributed by atoms with Gasteiger partial charge in [0.2, 0.25) is 0 Å². The quantitative estimate of drug-likeness (QED) is 0.617. The zero-order chi connectivity index (χ0) is 21.3. The van der Waals surface area contributed by atoms with Crippen molar-refractivity contribution in [3.63, 3.8) is 0 Å². The molecule has 30 heavy (non-hydrogen) atoms. The van der Waals surface area contributed by atoms with Crippen LogP contribution in [0.5, 0.6) is 0 Å². The first kappa shape index (κ1) is 20.4. The molecular formula is C23H21ClN2O3S. The number of anilines is 2. The largest absolute Gasteiger partial charge is 0.308 e. The summed E-state index contributed by atoms with van der Waals surface area (Å²) in [4.78, 5) is 14.9. The van der Waals surface area contributed by atoms with E-state index in [0.29, 0.717) is 29.2 Å². The first-order chi connectivity index (χ1) is 14.3. The second-order valence-corrected chi connectivity index (χ2v) is 9.45. The number of carbonyl (C=O) groups excluding carboxylic acids is 1. The zero-order valence-corrected chi connectivity index (χ0v) is 18.0. The lowest BCUT2D eigenvalue weighted by Gasteiger charge is -2.30. The summed E-state index contributed by atoms with van der Waals surface area (Å²) in [7, 11) is -3.73. The average Bonchev–Trinajstić information content (AvgIpc) is 2.72. The Kier molecular flexibility index (Phi) is 5.54. The highest BCUT2D eigenvalue weighted by Crippen LogP contribution is 2.31. The number of fused-ring (bicyclic) bond motifs is 1. The van der Waals surface area contributed by atoms with Crippen molar-refractivity contribution in [3.05, 3.63) is 88.4 Å². The first-order valence-corrected chi connectivity index (χ1v) is 11.5. The number of carbonyl (C=O) groups is 1. The van der Waals surface area contributed by atoms with Crippen LogP contribution < -0.4 is 9.62 Å². The Morgan fingerprint density at radius 2 is 1.80 bits per heavy atom. The van der Waals surface area contributed by atoms with E-state index in [0.717, 1.165) is 23.2 Å². The smallest absolute Gasteiger partial charge is 0.261 e. The van der Waals surface area contributed by atoms with Crippen LogP contribution in [0.15, 0.2) is 71.6 Å². The van der Waals surface area contributed by atoms with Crippen molar-refractivity contribution in [2.24, 2.45) is 0 Å². The van der Waals surface area contributed by atoms with Crippen LogP contribution in [0.3, 0.4) is 0 Å². The second kappa shape index (κ2) is 8.13. The molecule has 3 aromatic rings. The summed E-state index contributed by atoms with van der Waals surface area (Å²) in [6.07, 6.45) is 1.48. The van der Waals surface area contributed by atoms with Crippen LogP contribution in [0.1, 0.15) is 27.9 Å². The van der Waals surface area contributed by atoms with Gasteiger partial charge in [0.1, 0.15) is 0 Å². The maximum atomic E-state index is 13.0. The molecule has 0 fully saturated rings. The second-order valence-electron chi connectivity index (χ2n) is 7.33. The predicted molar refractivity (Wildman–Crippen MR) is 120 cm³/mol. The summed E-state index contributed by atoms with van der Waals surface area (Å²) >= 11 is 5.92. The van der Waals surface area contributed by atoms with Gasteiger partial charge in [-0.3, -0.25) is 9.52 Å². The van der Waals surface area contributed by atoms with E-state index in [-0.39, 0.29) is 10.8 Å². The Hall–Kier alpha value is -2.83. The standard InChI is InChI=1S/C23H21ClN2O3S/c1-16-4-2-6-20(14-16)25-30(28,29)21-11-12-22-18(15-21)5-3-13-26(22)23(27)17-7-9-19(24)10-8-17/h2,4,6-12,14-15,25H,3,5,13H2,1H3. The molecule has 3 aromatic carbocycles. The summed E-state index contributed by atoms with van der Waals surface area (Å²) in [6, 6.07) is 18.9. The molecule has 1 aliphatic rings. The predicted octanol–water partition coefficient (Wildman–Crippen LogP) is 5.04. The first-order valence-electron chi connectivity index (χ1n) is 9.63. The monoisotopic (exact) mass is 440 g/mol. The molecule has 1 amide bonds. The van der Waals surface area contributed by atoms with Gasteiger partial charge in [0, 0.05) is 28.5 Å². The molecule has 1 heterocycles. The molecule has 154 valence electrons. The van der Waals surface area contributed by atoms with Crippen molar-refractivity contribution in [2.75, 3.05) is 16.2 Å². The molecule has 0 unspecified atom stereocenters. The normalized spacial score (nSPS) is 13.6. The van der Waals surface area contributed by atoms with Crippen LogP contribution >= 0.6 is 11.6 Å². The van der Waals surface area contributed by atoms with Gasteiger partial charge in [-0.15, -0.1) is 0 Å². The minimum absolute atomic E-state index is 0.124. The fourth-order valence-electron chi connectivity index (χ4n) is 3.62. The van der Waals surface area contributed by atoms with E-state index in [4.69, 9.17) is 11.6 Å². The highest BCUT2D eigenvalue weighted by molar-refractivity contribution is 7.92. The number of aryl methyl sites for hydroxylation is 2. The number of amides is 1. The third-order valence-corrected chi connectivity index (χ3v) is 6.72. The van der Waals surface area contributed by atoms with Gasteiger partial charge in [-0.05, 0) is 85.5 Å². The number of benzene rings is 3. The van der Waals surface area contributed by atoms with Gasteiger partial charge in [-0.1, -0.05) is 23.7 Å². The maximum Gasteiger partial charge on any atom is 0.261 e. The number of nitrogens with zero attached hydrogens (tertiary/aromatic N) is 1. The molecule has 0 spiro atoms. The van der Waals surface area contributed by atoms with E-state index in [2.05, 4.69) is 4.72 Å². The molecule has 4 rings (SSSR count). The lowest BCUT2D eigenvalue weighted by molar-refractivity contribution is 0.0985. The Labute approximate surface area is 181 Å². The van der Waals surface area contributed by atoms with Gasteiger partial charge in [0.05, 0.1) is 4.90 Å². The van der Waals surface area contributed by atoms with Gasteiger partial charge in [0.25, 0.3) is 15.9 Å². The van der Waals surface area contributed by atoms with Crippen molar-refractivity contribution in [1.29, 1.82) is 0 Å². The lowest BCUT2D eigenvalue weighted by Crippen LogP contribution is -2.35. The fourth-order valence-corrected chi connectivity index (χ4v) is 4.85. The minimum Gasteiger partial charge on any atom is -0.308 e. The van der Waals surface area contributed by atoms with E-state index in [1.165, 1.54) is 0 Å². The minimum atomic E-state index is -3.73. The lowest BCUT2D eigenvalue weighted by atomic mass is 10.0. The van der Waals surface area contributed by atoms with E-state index in [1.807, 2.05) is 13.0 Å².